The molecule has 10 heteroatoms. The van der Waals surface area contributed by atoms with E-state index in [1.807, 2.05) is 27.7 Å². The van der Waals surface area contributed by atoms with E-state index < -0.39 is 5.60 Å². The summed E-state index contributed by atoms with van der Waals surface area (Å²) in [5.41, 5.74) is 6.62. The van der Waals surface area contributed by atoms with Crippen LogP contribution < -0.4 is 108 Å². The number of rotatable bonds is 0. The molecule has 2 aliphatic rings. The standard InChI is InChI=1S/C12H19N3O2.C7H11N3.2K.2H/c1-8-9-7-15(6-5-10(9)14-13-8)11(16)17-12(2,3)4;1-5-6-4-8-3-2-7(6)10-9-5;;;;/h5-7H2,1-4H3,(H,13,14);8H,2-4H2,1H3,(H,9,10);;;;/q;;2*+1;2*-1. The first-order chi connectivity index (χ1) is 12.7. The van der Waals surface area contributed by atoms with Gasteiger partial charge in [0.05, 0.1) is 17.9 Å². The Hall–Kier alpha value is 0.923. The molecule has 0 bridgehead atoms. The summed E-state index contributed by atoms with van der Waals surface area (Å²) in [7, 11) is 0. The monoisotopic (exact) mass is 454 g/mol. The van der Waals surface area contributed by atoms with Crippen molar-refractivity contribution in [3.8, 4) is 0 Å². The average Bonchev–Trinajstić information content (AvgIpc) is 3.18. The van der Waals surface area contributed by atoms with Crippen molar-refractivity contribution in [2.75, 3.05) is 13.1 Å². The third kappa shape index (κ3) is 7.78. The van der Waals surface area contributed by atoms with Gasteiger partial charge < -0.3 is 17.8 Å². The number of nitrogens with one attached hydrogen (secondary N) is 3. The number of hydrogen-bond acceptors (Lipinski definition) is 5. The molecular weight excluding hydrogens is 422 g/mol. The molecule has 0 unspecified atom stereocenters. The van der Waals surface area contributed by atoms with E-state index in [-0.39, 0.29) is 112 Å². The third-order valence-electron chi connectivity index (χ3n) is 4.78. The predicted molar refractivity (Wildman–Crippen MR) is 105 cm³/mol. The summed E-state index contributed by atoms with van der Waals surface area (Å²) in [6.07, 6.45) is 1.61. The molecule has 4 heterocycles. The minimum atomic E-state index is -0.442. The minimum Gasteiger partial charge on any atom is -1.00 e. The number of H-pyrrole nitrogens is 2. The van der Waals surface area contributed by atoms with Crippen molar-refractivity contribution in [2.45, 2.75) is 66.2 Å². The van der Waals surface area contributed by atoms with Gasteiger partial charge in [-0.15, -0.1) is 0 Å². The van der Waals surface area contributed by atoms with Crippen LogP contribution >= 0.6 is 0 Å². The van der Waals surface area contributed by atoms with Gasteiger partial charge in [-0.05, 0) is 34.6 Å². The molecule has 29 heavy (non-hydrogen) atoms. The number of aromatic nitrogens is 4. The zero-order chi connectivity index (χ0) is 19.6. The van der Waals surface area contributed by atoms with E-state index in [0.29, 0.717) is 13.1 Å². The summed E-state index contributed by atoms with van der Waals surface area (Å²) in [5, 5.41) is 17.7. The van der Waals surface area contributed by atoms with Gasteiger partial charge in [-0.2, -0.15) is 10.2 Å². The molecule has 0 atom stereocenters. The van der Waals surface area contributed by atoms with E-state index in [4.69, 9.17) is 4.74 Å². The first kappa shape index (κ1) is 28.0. The molecule has 0 saturated heterocycles. The summed E-state index contributed by atoms with van der Waals surface area (Å²) in [4.78, 5) is 13.7. The summed E-state index contributed by atoms with van der Waals surface area (Å²) < 4.78 is 5.37. The third-order valence-corrected chi connectivity index (χ3v) is 4.78. The maximum absolute atomic E-state index is 11.9. The Kier molecular flexibility index (Phi) is 11.8. The average molecular weight is 455 g/mol. The van der Waals surface area contributed by atoms with Crippen molar-refractivity contribution in [1.82, 2.24) is 30.6 Å². The Labute approximate surface area is 260 Å². The van der Waals surface area contributed by atoms with Crippen molar-refractivity contribution >= 4 is 6.09 Å². The van der Waals surface area contributed by atoms with E-state index in [9.17, 15) is 4.79 Å². The predicted octanol–water partition coefficient (Wildman–Crippen LogP) is -3.39. The molecule has 1 amide bonds. The van der Waals surface area contributed by atoms with E-state index in [1.165, 1.54) is 17.0 Å². The van der Waals surface area contributed by atoms with Gasteiger partial charge in [-0.3, -0.25) is 10.2 Å². The molecule has 2 aromatic rings. The van der Waals surface area contributed by atoms with Gasteiger partial charge >= 0.3 is 109 Å². The van der Waals surface area contributed by atoms with Gasteiger partial charge in [0.15, 0.2) is 0 Å². The van der Waals surface area contributed by atoms with Crippen LogP contribution in [0.25, 0.3) is 0 Å². The molecule has 2 aromatic heterocycles. The SMILES string of the molecule is Cc1[nH]nc2c1CN(C(=O)OC(C)(C)C)CC2.Cc1[nH]nc2c1CNCC2.[H-].[H-].[K+].[K+]. The first-order valence-corrected chi connectivity index (χ1v) is 9.48. The Morgan fingerprint density at radius 2 is 1.62 bits per heavy atom. The number of aryl methyl sites for hydroxylation is 2. The van der Waals surface area contributed by atoms with Crippen LogP contribution in [0.15, 0.2) is 0 Å². The topological polar surface area (TPSA) is 98.9 Å². The zero-order valence-electron chi connectivity index (χ0n) is 20.9. The molecule has 0 spiro atoms. The zero-order valence-corrected chi connectivity index (χ0v) is 25.1. The molecule has 0 fully saturated rings. The van der Waals surface area contributed by atoms with Gasteiger partial charge in [0.1, 0.15) is 5.60 Å². The van der Waals surface area contributed by atoms with Gasteiger partial charge in [0.25, 0.3) is 0 Å². The van der Waals surface area contributed by atoms with Crippen LogP contribution in [0.1, 0.15) is 57.5 Å². The van der Waals surface area contributed by atoms with Crippen molar-refractivity contribution in [3.05, 3.63) is 33.9 Å². The van der Waals surface area contributed by atoms with Crippen LogP contribution in [-0.4, -0.2) is 50.1 Å². The van der Waals surface area contributed by atoms with Crippen LogP contribution in [-0.2, 0) is 30.7 Å². The molecular formula is C19H32K2N6O2. The number of aromatic amines is 2. The largest absolute Gasteiger partial charge is 1.00 e. The van der Waals surface area contributed by atoms with E-state index >= 15 is 0 Å². The van der Waals surface area contributed by atoms with Crippen LogP contribution in [0.2, 0.25) is 0 Å². The number of carbonyl (C=O) groups excluding carboxylic acids is 1. The second-order valence-corrected chi connectivity index (χ2v) is 8.13. The molecule has 3 N–H and O–H groups in total. The van der Waals surface area contributed by atoms with Crippen molar-refractivity contribution in [3.63, 3.8) is 0 Å². The summed E-state index contributed by atoms with van der Waals surface area (Å²) in [6, 6.07) is 0. The Balaban J connectivity index is 0. The fourth-order valence-electron chi connectivity index (χ4n) is 3.28. The molecule has 0 saturated carbocycles. The fourth-order valence-corrected chi connectivity index (χ4v) is 3.28. The van der Waals surface area contributed by atoms with Gasteiger partial charge in [0, 0.05) is 55.0 Å². The maximum atomic E-state index is 11.9. The molecule has 0 aliphatic carbocycles. The second kappa shape index (κ2) is 12.2. The number of hydrogen-bond donors (Lipinski definition) is 3. The summed E-state index contributed by atoms with van der Waals surface area (Å²) in [5.74, 6) is 0. The molecule has 152 valence electrons. The van der Waals surface area contributed by atoms with Gasteiger partial charge in [0.2, 0.25) is 0 Å². The Morgan fingerprint density at radius 1 is 1.03 bits per heavy atom. The van der Waals surface area contributed by atoms with E-state index in [0.717, 1.165) is 42.9 Å². The van der Waals surface area contributed by atoms with E-state index in [1.54, 1.807) is 4.90 Å². The smallest absolute Gasteiger partial charge is 1.00 e. The van der Waals surface area contributed by atoms with Crippen molar-refractivity contribution < 1.29 is 115 Å². The van der Waals surface area contributed by atoms with Crippen LogP contribution in [0.3, 0.4) is 0 Å². The normalized spacial score (nSPS) is 15.0. The number of carbonyl (C=O) groups is 1. The quantitative estimate of drug-likeness (QED) is 0.361. The number of ether oxygens (including phenoxy) is 1. The molecule has 0 radical (unpaired) electrons. The van der Waals surface area contributed by atoms with Crippen LogP contribution in [0.5, 0.6) is 0 Å². The van der Waals surface area contributed by atoms with E-state index in [2.05, 4.69) is 32.6 Å². The van der Waals surface area contributed by atoms with Crippen molar-refractivity contribution in [1.29, 1.82) is 0 Å². The first-order valence-electron chi connectivity index (χ1n) is 9.48. The van der Waals surface area contributed by atoms with Crippen LogP contribution in [0.4, 0.5) is 4.79 Å². The minimum absolute atomic E-state index is 0. The Bertz CT molecular complexity index is 823. The molecule has 2 aliphatic heterocycles. The number of fused-ring (bicyclic) bond motifs is 2. The molecule has 4 rings (SSSR count). The molecule has 8 nitrogen and oxygen atoms in total. The van der Waals surface area contributed by atoms with Crippen LogP contribution in [0, 0.1) is 13.8 Å². The Morgan fingerprint density at radius 3 is 2.21 bits per heavy atom. The fraction of sp³-hybridized carbons (Fsp3) is 0.632. The molecule has 0 aromatic carbocycles. The van der Waals surface area contributed by atoms with Gasteiger partial charge in [-0.25, -0.2) is 4.79 Å². The number of nitrogens with zero attached hydrogens (tertiary/aromatic N) is 3. The van der Waals surface area contributed by atoms with Crippen molar-refractivity contribution in [2.24, 2.45) is 0 Å². The summed E-state index contributed by atoms with van der Waals surface area (Å²) in [6.45, 7) is 13.0. The number of amides is 1. The maximum Gasteiger partial charge on any atom is 1.00 e. The summed E-state index contributed by atoms with van der Waals surface area (Å²) >= 11 is 0. The van der Waals surface area contributed by atoms with Gasteiger partial charge in [-0.1, -0.05) is 0 Å². The second-order valence-electron chi connectivity index (χ2n) is 8.13.